The van der Waals surface area contributed by atoms with Crippen LogP contribution >= 0.6 is 11.3 Å². The molecule has 0 saturated heterocycles. The number of aromatic nitrogens is 1. The number of benzene rings is 2. The molecule has 3 aromatic rings. The van der Waals surface area contributed by atoms with Gasteiger partial charge in [0.05, 0.1) is 16.8 Å². The fraction of sp³-hybridized carbons (Fsp3) is 0.222. The average molecular weight is 325 g/mol. The van der Waals surface area contributed by atoms with E-state index in [0.29, 0.717) is 0 Å². The van der Waals surface area contributed by atoms with E-state index in [1.165, 1.54) is 5.56 Å². The van der Waals surface area contributed by atoms with Crippen molar-refractivity contribution in [2.75, 3.05) is 17.2 Å². The van der Waals surface area contributed by atoms with Gasteiger partial charge < -0.3 is 10.6 Å². The number of hydrogen-bond donors (Lipinski definition) is 2. The van der Waals surface area contributed by atoms with E-state index >= 15 is 0 Å². The highest BCUT2D eigenvalue weighted by molar-refractivity contribution is 7.22. The van der Waals surface area contributed by atoms with E-state index in [1.807, 2.05) is 38.1 Å². The summed E-state index contributed by atoms with van der Waals surface area (Å²) in [5, 5.41) is 6.85. The van der Waals surface area contributed by atoms with Gasteiger partial charge in [-0.05, 0) is 44.0 Å². The molecule has 3 rings (SSSR count). The Morgan fingerprint density at radius 1 is 1.13 bits per heavy atom. The largest absolute Gasteiger partial charge is 0.352 e. The first kappa shape index (κ1) is 15.5. The van der Waals surface area contributed by atoms with Crippen LogP contribution in [0.1, 0.15) is 16.7 Å². The van der Waals surface area contributed by atoms with Gasteiger partial charge in [-0.3, -0.25) is 4.79 Å². The number of para-hydroxylation sites is 1. The third-order valence-corrected chi connectivity index (χ3v) is 4.63. The molecule has 1 heterocycles. The zero-order valence-corrected chi connectivity index (χ0v) is 14.3. The number of carbonyl (C=O) groups is 1. The molecule has 0 aliphatic carbocycles. The molecule has 0 bridgehead atoms. The van der Waals surface area contributed by atoms with Gasteiger partial charge in [0.1, 0.15) is 0 Å². The van der Waals surface area contributed by atoms with Crippen molar-refractivity contribution in [2.45, 2.75) is 20.8 Å². The van der Waals surface area contributed by atoms with E-state index in [9.17, 15) is 4.79 Å². The van der Waals surface area contributed by atoms with E-state index < -0.39 is 0 Å². The molecule has 0 atom stereocenters. The first-order chi connectivity index (χ1) is 11.0. The molecule has 2 N–H and O–H groups in total. The van der Waals surface area contributed by atoms with Crippen LogP contribution in [0.2, 0.25) is 0 Å². The van der Waals surface area contributed by atoms with Crippen LogP contribution in [-0.2, 0) is 4.79 Å². The first-order valence-corrected chi connectivity index (χ1v) is 8.32. The Balaban J connectivity index is 1.66. The summed E-state index contributed by atoms with van der Waals surface area (Å²) in [6, 6.07) is 12.1. The summed E-state index contributed by atoms with van der Waals surface area (Å²) < 4.78 is 1.11. The summed E-state index contributed by atoms with van der Waals surface area (Å²) in [6.45, 7) is 6.28. The number of carbonyl (C=O) groups excluding carboxylic acids is 1. The van der Waals surface area contributed by atoms with Crippen LogP contribution in [0.15, 0.2) is 36.4 Å². The highest BCUT2D eigenvalue weighted by atomic mass is 32.1. The average Bonchev–Trinajstić information content (AvgIpc) is 2.91. The van der Waals surface area contributed by atoms with Gasteiger partial charge in [-0.25, -0.2) is 4.98 Å². The topological polar surface area (TPSA) is 54.0 Å². The van der Waals surface area contributed by atoms with Gasteiger partial charge in [0.15, 0.2) is 5.13 Å². The Morgan fingerprint density at radius 2 is 1.83 bits per heavy atom. The van der Waals surface area contributed by atoms with Crippen molar-refractivity contribution in [1.82, 2.24) is 4.98 Å². The molecule has 0 unspecified atom stereocenters. The lowest BCUT2D eigenvalue weighted by Crippen LogP contribution is -2.22. The number of rotatable bonds is 4. The summed E-state index contributed by atoms with van der Waals surface area (Å²) in [5.74, 6) is -0.0701. The molecule has 4 nitrogen and oxygen atoms in total. The minimum Gasteiger partial charge on any atom is -0.352 e. The number of fused-ring (bicyclic) bond motifs is 1. The van der Waals surface area contributed by atoms with Gasteiger partial charge in [0.25, 0.3) is 0 Å². The number of amides is 1. The summed E-state index contributed by atoms with van der Waals surface area (Å²) in [7, 11) is 0. The second kappa shape index (κ2) is 6.38. The van der Waals surface area contributed by atoms with Gasteiger partial charge in [0.2, 0.25) is 5.91 Å². The minimum absolute atomic E-state index is 0.0701. The van der Waals surface area contributed by atoms with Gasteiger partial charge >= 0.3 is 0 Å². The second-order valence-electron chi connectivity index (χ2n) is 5.66. The lowest BCUT2D eigenvalue weighted by Gasteiger charge is -2.13. The molecule has 23 heavy (non-hydrogen) atoms. The van der Waals surface area contributed by atoms with Crippen molar-refractivity contribution < 1.29 is 4.79 Å². The smallest absolute Gasteiger partial charge is 0.243 e. The molecule has 1 aromatic heterocycles. The van der Waals surface area contributed by atoms with Crippen molar-refractivity contribution in [3.05, 3.63) is 53.1 Å². The predicted molar refractivity (Wildman–Crippen MR) is 97.4 cm³/mol. The normalized spacial score (nSPS) is 10.7. The Kier molecular flexibility index (Phi) is 4.30. The van der Waals surface area contributed by atoms with Crippen LogP contribution in [0, 0.1) is 20.8 Å². The molecular formula is C18H19N3OS. The van der Waals surface area contributed by atoms with E-state index in [2.05, 4.69) is 34.7 Å². The molecule has 5 heteroatoms. The number of thiazole rings is 1. The van der Waals surface area contributed by atoms with Gasteiger partial charge in [0, 0.05) is 5.69 Å². The van der Waals surface area contributed by atoms with Crippen LogP contribution in [0.3, 0.4) is 0 Å². The van der Waals surface area contributed by atoms with Gasteiger partial charge in [-0.1, -0.05) is 41.2 Å². The Morgan fingerprint density at radius 3 is 2.52 bits per heavy atom. The Bertz CT molecular complexity index is 814. The predicted octanol–water partition coefficient (Wildman–Crippen LogP) is 4.27. The molecule has 0 radical (unpaired) electrons. The summed E-state index contributed by atoms with van der Waals surface area (Å²) in [6.07, 6.45) is 0. The maximum absolute atomic E-state index is 12.2. The third kappa shape index (κ3) is 3.51. The number of aryl methyl sites for hydroxylation is 3. The zero-order valence-electron chi connectivity index (χ0n) is 13.4. The molecule has 0 saturated carbocycles. The lowest BCUT2D eigenvalue weighted by atomic mass is 10.1. The summed E-state index contributed by atoms with van der Waals surface area (Å²) in [4.78, 5) is 16.7. The second-order valence-corrected chi connectivity index (χ2v) is 6.69. The van der Waals surface area contributed by atoms with E-state index in [0.717, 1.165) is 32.2 Å². The van der Waals surface area contributed by atoms with Crippen molar-refractivity contribution in [3.8, 4) is 0 Å². The van der Waals surface area contributed by atoms with Crippen molar-refractivity contribution >= 4 is 38.3 Å². The summed E-state index contributed by atoms with van der Waals surface area (Å²) in [5.41, 5.74) is 5.20. The molecule has 0 aliphatic rings. The minimum atomic E-state index is -0.0701. The highest BCUT2D eigenvalue weighted by Gasteiger charge is 2.09. The van der Waals surface area contributed by atoms with Crippen LogP contribution in [0.25, 0.3) is 10.2 Å². The standard InChI is InChI=1S/C18H19N3OS/c1-11-8-12(2)17(13(3)9-11)21-16(22)10-19-18-20-14-6-4-5-7-15(14)23-18/h4-9H,10H2,1-3H3,(H,19,20)(H,21,22). The molecule has 2 aromatic carbocycles. The highest BCUT2D eigenvalue weighted by Crippen LogP contribution is 2.25. The maximum Gasteiger partial charge on any atom is 0.243 e. The van der Waals surface area contributed by atoms with Gasteiger partial charge in [-0.15, -0.1) is 0 Å². The van der Waals surface area contributed by atoms with Crippen molar-refractivity contribution in [2.24, 2.45) is 0 Å². The monoisotopic (exact) mass is 325 g/mol. The summed E-state index contributed by atoms with van der Waals surface area (Å²) >= 11 is 1.55. The molecule has 1 amide bonds. The van der Waals surface area contributed by atoms with E-state index in [4.69, 9.17) is 0 Å². The van der Waals surface area contributed by atoms with Crippen molar-refractivity contribution in [1.29, 1.82) is 0 Å². The number of nitrogens with zero attached hydrogens (tertiary/aromatic N) is 1. The third-order valence-electron chi connectivity index (χ3n) is 3.64. The Hall–Kier alpha value is -2.40. The fourth-order valence-corrected chi connectivity index (χ4v) is 3.53. The SMILES string of the molecule is Cc1cc(C)c(NC(=O)CNc2nc3ccccc3s2)c(C)c1. The van der Waals surface area contributed by atoms with Crippen LogP contribution in [0.4, 0.5) is 10.8 Å². The zero-order chi connectivity index (χ0) is 16.4. The van der Waals surface area contributed by atoms with Crippen LogP contribution in [0.5, 0.6) is 0 Å². The first-order valence-electron chi connectivity index (χ1n) is 7.50. The molecule has 118 valence electrons. The maximum atomic E-state index is 12.2. The molecule has 0 aliphatic heterocycles. The van der Waals surface area contributed by atoms with Crippen molar-refractivity contribution in [3.63, 3.8) is 0 Å². The Labute approximate surface area is 139 Å². The number of hydrogen-bond acceptors (Lipinski definition) is 4. The van der Waals surface area contributed by atoms with E-state index in [1.54, 1.807) is 11.3 Å². The van der Waals surface area contributed by atoms with Crippen LogP contribution < -0.4 is 10.6 Å². The van der Waals surface area contributed by atoms with Gasteiger partial charge in [-0.2, -0.15) is 0 Å². The molecule has 0 spiro atoms. The van der Waals surface area contributed by atoms with Crippen LogP contribution in [-0.4, -0.2) is 17.4 Å². The molecular weight excluding hydrogens is 306 g/mol. The molecule has 0 fully saturated rings. The lowest BCUT2D eigenvalue weighted by molar-refractivity contribution is -0.114. The quantitative estimate of drug-likeness (QED) is 0.753. The number of nitrogens with one attached hydrogen (secondary N) is 2. The fourth-order valence-electron chi connectivity index (χ4n) is 2.66. The number of anilines is 2. The van der Waals surface area contributed by atoms with E-state index in [-0.39, 0.29) is 12.5 Å².